The lowest BCUT2D eigenvalue weighted by Gasteiger charge is -2.13. The monoisotopic (exact) mass is 330 g/mol. The van der Waals surface area contributed by atoms with Crippen molar-refractivity contribution in [3.05, 3.63) is 28.2 Å². The van der Waals surface area contributed by atoms with Crippen LogP contribution in [0.15, 0.2) is 22.7 Å². The first-order valence-corrected chi connectivity index (χ1v) is 5.91. The Kier molecular flexibility index (Phi) is 4.87. The Bertz CT molecular complexity index is 532. The number of nitrogens with one attached hydrogen (secondary N) is 1. The Morgan fingerprint density at radius 1 is 1.37 bits per heavy atom. The van der Waals surface area contributed by atoms with Gasteiger partial charge in [-0.1, -0.05) is 15.9 Å². The van der Waals surface area contributed by atoms with E-state index in [9.17, 15) is 19.5 Å². The number of aromatic hydroxyl groups is 1. The largest absolute Gasteiger partial charge is 0.507 e. The van der Waals surface area contributed by atoms with Crippen LogP contribution in [0.25, 0.3) is 0 Å². The Morgan fingerprint density at radius 2 is 2.00 bits per heavy atom. The smallest absolute Gasteiger partial charge is 0.326 e. The number of carboxylic acid groups (broad SMARTS) is 1. The predicted octanol–water partition coefficient (Wildman–Crippen LogP) is 0.213. The van der Waals surface area contributed by atoms with E-state index in [4.69, 9.17) is 10.8 Å². The molecule has 0 saturated heterocycles. The summed E-state index contributed by atoms with van der Waals surface area (Å²) in [6.07, 6.45) is -0.532. The van der Waals surface area contributed by atoms with Crippen molar-refractivity contribution in [2.75, 3.05) is 0 Å². The van der Waals surface area contributed by atoms with Crippen LogP contribution in [0, 0.1) is 0 Å². The Labute approximate surface area is 116 Å². The molecule has 1 aromatic rings. The van der Waals surface area contributed by atoms with Crippen LogP contribution in [-0.2, 0) is 9.59 Å². The quantitative estimate of drug-likeness (QED) is 0.613. The zero-order valence-corrected chi connectivity index (χ0v) is 11.2. The molecule has 0 heterocycles. The minimum absolute atomic E-state index is 0.106. The van der Waals surface area contributed by atoms with Crippen molar-refractivity contribution in [3.63, 3.8) is 0 Å². The molecule has 0 bridgehead atoms. The van der Waals surface area contributed by atoms with Crippen LogP contribution in [0.3, 0.4) is 0 Å². The SMILES string of the molecule is NC(=O)CC(NC(=O)c1cc(Br)ccc1O)C(=O)O. The van der Waals surface area contributed by atoms with E-state index in [0.717, 1.165) is 0 Å². The first-order valence-electron chi connectivity index (χ1n) is 5.11. The number of aliphatic carboxylic acids is 1. The number of carbonyl (C=O) groups is 3. The molecule has 1 rings (SSSR count). The molecule has 8 heteroatoms. The van der Waals surface area contributed by atoms with Crippen LogP contribution in [0.2, 0.25) is 0 Å². The zero-order valence-electron chi connectivity index (χ0n) is 9.59. The minimum atomic E-state index is -1.44. The van der Waals surface area contributed by atoms with Crippen LogP contribution in [0.1, 0.15) is 16.8 Å². The average Bonchev–Trinajstić information content (AvgIpc) is 2.30. The van der Waals surface area contributed by atoms with E-state index in [-0.39, 0.29) is 11.3 Å². The number of hydrogen-bond donors (Lipinski definition) is 4. The van der Waals surface area contributed by atoms with E-state index in [1.54, 1.807) is 0 Å². The maximum atomic E-state index is 11.8. The molecule has 0 fully saturated rings. The van der Waals surface area contributed by atoms with E-state index in [1.165, 1.54) is 18.2 Å². The number of primary amides is 1. The number of hydrogen-bond acceptors (Lipinski definition) is 4. The number of phenolic OH excluding ortho intramolecular Hbond substituents is 1. The molecule has 1 aromatic carbocycles. The Hall–Kier alpha value is -2.09. The maximum absolute atomic E-state index is 11.8. The Morgan fingerprint density at radius 3 is 2.53 bits per heavy atom. The number of amides is 2. The molecule has 19 heavy (non-hydrogen) atoms. The van der Waals surface area contributed by atoms with Gasteiger partial charge in [0.05, 0.1) is 12.0 Å². The number of phenols is 1. The maximum Gasteiger partial charge on any atom is 0.326 e. The lowest BCUT2D eigenvalue weighted by Crippen LogP contribution is -2.43. The molecule has 0 aliphatic rings. The van der Waals surface area contributed by atoms with Crippen molar-refractivity contribution >= 4 is 33.7 Å². The van der Waals surface area contributed by atoms with Crippen molar-refractivity contribution < 1.29 is 24.6 Å². The number of carboxylic acids is 1. The number of rotatable bonds is 5. The zero-order chi connectivity index (χ0) is 14.6. The van der Waals surface area contributed by atoms with E-state index in [1.807, 2.05) is 0 Å². The van der Waals surface area contributed by atoms with Crippen LogP contribution in [0.5, 0.6) is 5.75 Å². The van der Waals surface area contributed by atoms with Gasteiger partial charge < -0.3 is 21.3 Å². The molecule has 0 spiro atoms. The van der Waals surface area contributed by atoms with Crippen molar-refractivity contribution in [2.45, 2.75) is 12.5 Å². The van der Waals surface area contributed by atoms with Gasteiger partial charge in [0, 0.05) is 4.47 Å². The fourth-order valence-electron chi connectivity index (χ4n) is 1.33. The summed E-state index contributed by atoms with van der Waals surface area (Å²) in [5.41, 5.74) is 4.78. The van der Waals surface area contributed by atoms with Gasteiger partial charge in [-0.3, -0.25) is 9.59 Å². The molecule has 0 aliphatic heterocycles. The number of halogens is 1. The van der Waals surface area contributed by atoms with Gasteiger partial charge in [-0.2, -0.15) is 0 Å². The van der Waals surface area contributed by atoms with Gasteiger partial charge >= 0.3 is 5.97 Å². The van der Waals surface area contributed by atoms with E-state index in [2.05, 4.69) is 21.2 Å². The highest BCUT2D eigenvalue weighted by atomic mass is 79.9. The highest BCUT2D eigenvalue weighted by Gasteiger charge is 2.23. The first kappa shape index (κ1) is 15.0. The summed E-state index contributed by atoms with van der Waals surface area (Å²) in [6.45, 7) is 0. The summed E-state index contributed by atoms with van der Waals surface area (Å²) >= 11 is 3.12. The lowest BCUT2D eigenvalue weighted by molar-refractivity contribution is -0.140. The molecule has 1 unspecified atom stereocenters. The number of carbonyl (C=O) groups excluding carboxylic acids is 2. The molecule has 1 atom stereocenters. The fraction of sp³-hybridized carbons (Fsp3) is 0.182. The summed E-state index contributed by atoms with van der Waals surface area (Å²) in [5.74, 6) is -3.36. The van der Waals surface area contributed by atoms with Gasteiger partial charge in [0.2, 0.25) is 5.91 Å². The second-order valence-corrected chi connectivity index (χ2v) is 4.61. The molecule has 5 N–H and O–H groups in total. The van der Waals surface area contributed by atoms with E-state index in [0.29, 0.717) is 4.47 Å². The van der Waals surface area contributed by atoms with E-state index < -0.39 is 30.2 Å². The van der Waals surface area contributed by atoms with Crippen LogP contribution in [-0.4, -0.2) is 34.0 Å². The molecule has 0 aromatic heterocycles. The third-order valence-corrected chi connectivity index (χ3v) is 2.71. The van der Waals surface area contributed by atoms with Gasteiger partial charge in [-0.05, 0) is 18.2 Å². The van der Waals surface area contributed by atoms with Gasteiger partial charge in [0.15, 0.2) is 0 Å². The van der Waals surface area contributed by atoms with Crippen LogP contribution in [0.4, 0.5) is 0 Å². The fourth-order valence-corrected chi connectivity index (χ4v) is 1.69. The molecule has 102 valence electrons. The highest BCUT2D eigenvalue weighted by Crippen LogP contribution is 2.21. The summed E-state index contributed by atoms with van der Waals surface area (Å²) in [4.78, 5) is 33.4. The standard InChI is InChI=1S/C11H11BrN2O5/c12-5-1-2-8(15)6(3-5)10(17)14-7(11(18)19)4-9(13)16/h1-3,7,15H,4H2,(H2,13,16)(H,14,17)(H,18,19). The molecular weight excluding hydrogens is 320 g/mol. The van der Waals surface area contributed by atoms with Gasteiger partial charge in [0.1, 0.15) is 11.8 Å². The third-order valence-electron chi connectivity index (χ3n) is 2.21. The van der Waals surface area contributed by atoms with E-state index >= 15 is 0 Å². The second-order valence-electron chi connectivity index (χ2n) is 3.70. The second kappa shape index (κ2) is 6.19. The molecule has 2 amide bonds. The topological polar surface area (TPSA) is 130 Å². The molecule has 7 nitrogen and oxygen atoms in total. The van der Waals surface area contributed by atoms with Crippen molar-refractivity contribution in [1.82, 2.24) is 5.32 Å². The summed E-state index contributed by atoms with van der Waals surface area (Å²) in [7, 11) is 0. The van der Waals surface area contributed by atoms with Gasteiger partial charge in [-0.25, -0.2) is 4.79 Å². The van der Waals surface area contributed by atoms with Crippen molar-refractivity contribution in [1.29, 1.82) is 0 Å². The highest BCUT2D eigenvalue weighted by molar-refractivity contribution is 9.10. The van der Waals surface area contributed by atoms with Crippen molar-refractivity contribution in [2.24, 2.45) is 5.73 Å². The van der Waals surface area contributed by atoms with Gasteiger partial charge in [0.25, 0.3) is 5.91 Å². The number of benzene rings is 1. The van der Waals surface area contributed by atoms with Crippen LogP contribution >= 0.6 is 15.9 Å². The predicted molar refractivity (Wildman–Crippen MR) is 68.5 cm³/mol. The third kappa shape index (κ3) is 4.25. The summed E-state index contributed by atoms with van der Waals surface area (Å²) in [6, 6.07) is 2.68. The van der Waals surface area contributed by atoms with Gasteiger partial charge in [-0.15, -0.1) is 0 Å². The molecule has 0 aliphatic carbocycles. The number of nitrogens with two attached hydrogens (primary N) is 1. The molecule has 0 saturated carbocycles. The Balaban J connectivity index is 2.90. The molecule has 0 radical (unpaired) electrons. The van der Waals surface area contributed by atoms with Crippen LogP contribution < -0.4 is 11.1 Å². The molecular formula is C11H11BrN2O5. The average molecular weight is 331 g/mol. The minimum Gasteiger partial charge on any atom is -0.507 e. The summed E-state index contributed by atoms with van der Waals surface area (Å²) < 4.78 is 0.539. The van der Waals surface area contributed by atoms with Crippen molar-refractivity contribution in [3.8, 4) is 5.75 Å². The first-order chi connectivity index (χ1) is 8.81. The normalized spacial score (nSPS) is 11.6. The summed E-state index contributed by atoms with van der Waals surface area (Å²) in [5, 5.41) is 20.5. The lowest BCUT2D eigenvalue weighted by atomic mass is 10.1.